The second-order valence-electron chi connectivity index (χ2n) is 3.93. The summed E-state index contributed by atoms with van der Waals surface area (Å²) in [6.07, 6.45) is 3.45. The Morgan fingerprint density at radius 1 is 1.28 bits per heavy atom. The third-order valence-electron chi connectivity index (χ3n) is 2.63. The number of benzene rings is 1. The van der Waals surface area contributed by atoms with Gasteiger partial charge in [-0.3, -0.25) is 0 Å². The zero-order valence-electron chi connectivity index (χ0n) is 10.2. The fourth-order valence-corrected chi connectivity index (χ4v) is 2.70. The predicted octanol–water partition coefficient (Wildman–Crippen LogP) is 3.86. The van der Waals surface area contributed by atoms with E-state index in [1.54, 1.807) is 36.4 Å². The smallest absolute Gasteiger partial charge is 0.123 e. The molecule has 1 N–H and O–H groups in total. The van der Waals surface area contributed by atoms with Gasteiger partial charge in [0.2, 0.25) is 0 Å². The quantitative estimate of drug-likeness (QED) is 0.803. The first-order valence-electron chi connectivity index (χ1n) is 5.93. The van der Waals surface area contributed by atoms with E-state index in [0.29, 0.717) is 0 Å². The number of rotatable bonds is 6. The molecule has 0 aliphatic heterocycles. The average Bonchev–Trinajstić information content (AvgIpc) is 2.90. The fourth-order valence-electron chi connectivity index (χ4n) is 1.70. The van der Waals surface area contributed by atoms with Crippen LogP contribution in [0.2, 0.25) is 0 Å². The zero-order valence-corrected chi connectivity index (χ0v) is 11.0. The van der Waals surface area contributed by atoms with Gasteiger partial charge in [0, 0.05) is 22.3 Å². The van der Waals surface area contributed by atoms with Crippen LogP contribution >= 0.6 is 11.8 Å². The van der Waals surface area contributed by atoms with Crippen LogP contribution in [0.4, 0.5) is 4.39 Å². The van der Waals surface area contributed by atoms with E-state index in [-0.39, 0.29) is 11.9 Å². The second kappa shape index (κ2) is 6.61. The monoisotopic (exact) mass is 265 g/mol. The summed E-state index contributed by atoms with van der Waals surface area (Å²) in [6.45, 7) is 2.98. The molecular formula is C14H16FNOS. The lowest BCUT2D eigenvalue weighted by Gasteiger charge is -2.15. The molecule has 1 aromatic carbocycles. The van der Waals surface area contributed by atoms with Gasteiger partial charge in [-0.25, -0.2) is 4.39 Å². The van der Waals surface area contributed by atoms with Gasteiger partial charge in [-0.15, -0.1) is 11.8 Å². The number of nitrogens with one attached hydrogen (secondary N) is 1. The van der Waals surface area contributed by atoms with Crippen molar-refractivity contribution in [3.05, 3.63) is 54.2 Å². The second-order valence-corrected chi connectivity index (χ2v) is 5.03. The third kappa shape index (κ3) is 3.62. The van der Waals surface area contributed by atoms with Crippen molar-refractivity contribution >= 4 is 11.8 Å². The van der Waals surface area contributed by atoms with Gasteiger partial charge in [-0.05, 0) is 36.9 Å². The minimum absolute atomic E-state index is 0.197. The summed E-state index contributed by atoms with van der Waals surface area (Å²) in [6, 6.07) is 8.81. The van der Waals surface area contributed by atoms with Gasteiger partial charge in [0.15, 0.2) is 0 Å². The number of halogens is 1. The highest BCUT2D eigenvalue weighted by atomic mass is 32.2. The van der Waals surface area contributed by atoms with Crippen molar-refractivity contribution in [2.45, 2.75) is 17.9 Å². The van der Waals surface area contributed by atoms with Gasteiger partial charge < -0.3 is 9.73 Å². The van der Waals surface area contributed by atoms with Crippen molar-refractivity contribution in [2.75, 3.05) is 12.3 Å². The Hall–Kier alpha value is -1.26. The maximum Gasteiger partial charge on any atom is 0.123 e. The Labute approximate surface area is 111 Å². The number of furan rings is 1. The summed E-state index contributed by atoms with van der Waals surface area (Å²) in [5.41, 5.74) is 1.14. The molecule has 0 fully saturated rings. The van der Waals surface area contributed by atoms with E-state index >= 15 is 0 Å². The van der Waals surface area contributed by atoms with E-state index in [9.17, 15) is 4.39 Å². The van der Waals surface area contributed by atoms with Crippen LogP contribution in [-0.4, -0.2) is 12.3 Å². The molecule has 0 amide bonds. The van der Waals surface area contributed by atoms with E-state index in [1.807, 2.05) is 6.07 Å². The van der Waals surface area contributed by atoms with Crippen LogP contribution in [-0.2, 0) is 0 Å². The highest BCUT2D eigenvalue weighted by Crippen LogP contribution is 2.25. The average molecular weight is 265 g/mol. The van der Waals surface area contributed by atoms with Crippen molar-refractivity contribution in [2.24, 2.45) is 0 Å². The first-order chi connectivity index (χ1) is 8.79. The lowest BCUT2D eigenvalue weighted by molar-refractivity contribution is 0.548. The molecule has 0 aliphatic carbocycles. The molecule has 1 unspecified atom stereocenters. The van der Waals surface area contributed by atoms with Crippen LogP contribution in [0.5, 0.6) is 0 Å². The third-order valence-corrected chi connectivity index (χ3v) is 3.73. The van der Waals surface area contributed by atoms with Crippen LogP contribution in [0, 0.1) is 5.82 Å². The van der Waals surface area contributed by atoms with E-state index < -0.39 is 0 Å². The molecular weight excluding hydrogens is 249 g/mol. The molecule has 2 nitrogen and oxygen atoms in total. The fraction of sp³-hybridized carbons (Fsp3) is 0.286. The maximum absolute atomic E-state index is 12.8. The summed E-state index contributed by atoms with van der Waals surface area (Å²) in [5, 5.41) is 3.41. The molecule has 0 saturated heterocycles. The zero-order chi connectivity index (χ0) is 12.8. The van der Waals surface area contributed by atoms with Crippen molar-refractivity contribution in [1.82, 2.24) is 5.32 Å². The van der Waals surface area contributed by atoms with E-state index in [1.165, 1.54) is 12.1 Å². The van der Waals surface area contributed by atoms with Gasteiger partial charge in [0.25, 0.3) is 0 Å². The largest absolute Gasteiger partial charge is 0.472 e. The molecule has 18 heavy (non-hydrogen) atoms. The number of hydrogen-bond acceptors (Lipinski definition) is 3. The van der Waals surface area contributed by atoms with Crippen LogP contribution in [0.1, 0.15) is 18.5 Å². The minimum Gasteiger partial charge on any atom is -0.472 e. The Kier molecular flexibility index (Phi) is 4.84. The van der Waals surface area contributed by atoms with Crippen LogP contribution in [0.3, 0.4) is 0 Å². The summed E-state index contributed by atoms with van der Waals surface area (Å²) < 4.78 is 17.9. The molecule has 0 aliphatic rings. The van der Waals surface area contributed by atoms with Crippen molar-refractivity contribution in [3.8, 4) is 0 Å². The lowest BCUT2D eigenvalue weighted by atomic mass is 10.2. The topological polar surface area (TPSA) is 25.2 Å². The summed E-state index contributed by atoms with van der Waals surface area (Å²) in [7, 11) is 0. The highest BCUT2D eigenvalue weighted by Gasteiger charge is 2.11. The Morgan fingerprint density at radius 3 is 2.67 bits per heavy atom. The van der Waals surface area contributed by atoms with E-state index in [0.717, 1.165) is 22.8 Å². The molecule has 1 heterocycles. The molecule has 0 saturated carbocycles. The van der Waals surface area contributed by atoms with Crippen molar-refractivity contribution < 1.29 is 8.81 Å². The summed E-state index contributed by atoms with van der Waals surface area (Å²) in [4.78, 5) is 1.07. The number of hydrogen-bond donors (Lipinski definition) is 1. The molecule has 1 atom stereocenters. The minimum atomic E-state index is -0.197. The lowest BCUT2D eigenvalue weighted by Crippen LogP contribution is -2.22. The molecule has 1 aromatic heterocycles. The molecule has 96 valence electrons. The molecule has 0 spiro atoms. The molecule has 2 aromatic rings. The van der Waals surface area contributed by atoms with Gasteiger partial charge in [-0.2, -0.15) is 0 Å². The predicted molar refractivity (Wildman–Crippen MR) is 72.2 cm³/mol. The van der Waals surface area contributed by atoms with E-state index in [2.05, 4.69) is 12.2 Å². The van der Waals surface area contributed by atoms with Crippen molar-refractivity contribution in [1.29, 1.82) is 0 Å². The molecule has 0 bridgehead atoms. The Bertz CT molecular complexity index is 455. The molecule has 2 rings (SSSR count). The number of thioether (sulfide) groups is 1. The molecule has 0 radical (unpaired) electrons. The Morgan fingerprint density at radius 2 is 2.06 bits per heavy atom. The SMILES string of the molecule is CCNC(CSc1ccc(F)cc1)c1ccoc1. The van der Waals surface area contributed by atoms with Crippen molar-refractivity contribution in [3.63, 3.8) is 0 Å². The Balaban J connectivity index is 1.95. The summed E-state index contributed by atoms with van der Waals surface area (Å²) in [5.74, 6) is 0.691. The van der Waals surface area contributed by atoms with Gasteiger partial charge in [0.05, 0.1) is 12.5 Å². The van der Waals surface area contributed by atoms with Crippen LogP contribution in [0.15, 0.2) is 52.2 Å². The first kappa shape index (κ1) is 13.2. The summed E-state index contributed by atoms with van der Waals surface area (Å²) >= 11 is 1.70. The van der Waals surface area contributed by atoms with E-state index in [4.69, 9.17) is 4.42 Å². The van der Waals surface area contributed by atoms with Gasteiger partial charge in [0.1, 0.15) is 5.82 Å². The highest BCUT2D eigenvalue weighted by molar-refractivity contribution is 7.99. The van der Waals surface area contributed by atoms with Crippen LogP contribution in [0.25, 0.3) is 0 Å². The van der Waals surface area contributed by atoms with Gasteiger partial charge in [-0.1, -0.05) is 6.92 Å². The first-order valence-corrected chi connectivity index (χ1v) is 6.92. The standard InChI is InChI=1S/C14H16FNOS/c1-2-16-14(11-7-8-17-9-11)10-18-13-5-3-12(15)4-6-13/h3-9,14,16H,2,10H2,1H3. The maximum atomic E-state index is 12.8. The van der Waals surface area contributed by atoms with Gasteiger partial charge >= 0.3 is 0 Å². The molecule has 4 heteroatoms. The van der Waals surface area contributed by atoms with Crippen LogP contribution < -0.4 is 5.32 Å². The normalized spacial score (nSPS) is 12.6.